The van der Waals surface area contributed by atoms with Crippen molar-refractivity contribution >= 4 is 24.4 Å². The third-order valence-corrected chi connectivity index (χ3v) is 7.34. The summed E-state index contributed by atoms with van der Waals surface area (Å²) in [5.41, 5.74) is 2.04. The molecule has 0 radical (unpaired) electrons. The van der Waals surface area contributed by atoms with Gasteiger partial charge in [0.05, 0.1) is 29.1 Å². The number of H-pyrrole nitrogens is 1. The van der Waals surface area contributed by atoms with Crippen LogP contribution in [0.15, 0.2) is 30.5 Å². The Morgan fingerprint density at radius 2 is 1.61 bits per heavy atom. The molecule has 1 aliphatic rings. The van der Waals surface area contributed by atoms with Crippen LogP contribution in [0.5, 0.6) is 0 Å². The van der Waals surface area contributed by atoms with Crippen molar-refractivity contribution in [1.82, 2.24) is 20.2 Å². The maximum absolute atomic E-state index is 13.4. The first-order valence-electron chi connectivity index (χ1n) is 13.9. The SMILES string of the molecule is CC.CCC(c1ncc(-c2ccc(B3OC(C)(C)C(C)(C)O3)cc2)[nH]1)N(CC)C(=O)C(NC(C)=O)C(C)C. The minimum Gasteiger partial charge on any atom is -0.399 e. The molecule has 0 saturated carbocycles. The van der Waals surface area contributed by atoms with Gasteiger partial charge in [-0.25, -0.2) is 4.98 Å². The average molecular weight is 527 g/mol. The Morgan fingerprint density at radius 3 is 2.05 bits per heavy atom. The van der Waals surface area contributed by atoms with Crippen LogP contribution in [-0.4, -0.2) is 57.6 Å². The van der Waals surface area contributed by atoms with E-state index in [9.17, 15) is 9.59 Å². The summed E-state index contributed by atoms with van der Waals surface area (Å²) in [7, 11) is -0.410. The van der Waals surface area contributed by atoms with Crippen molar-refractivity contribution in [2.45, 2.75) is 106 Å². The van der Waals surface area contributed by atoms with Gasteiger partial charge >= 0.3 is 7.12 Å². The lowest BCUT2D eigenvalue weighted by atomic mass is 9.79. The number of carbonyl (C=O) groups excluding carboxylic acids is 2. The molecule has 2 aromatic rings. The summed E-state index contributed by atoms with van der Waals surface area (Å²) in [4.78, 5) is 34.9. The number of aromatic amines is 1. The third-order valence-electron chi connectivity index (χ3n) is 7.34. The van der Waals surface area contributed by atoms with E-state index >= 15 is 0 Å². The van der Waals surface area contributed by atoms with Gasteiger partial charge < -0.3 is 24.5 Å². The van der Waals surface area contributed by atoms with E-state index in [0.29, 0.717) is 13.0 Å². The molecule has 0 aliphatic carbocycles. The summed E-state index contributed by atoms with van der Waals surface area (Å²) in [6.07, 6.45) is 2.49. The molecule has 1 aromatic heterocycles. The summed E-state index contributed by atoms with van der Waals surface area (Å²) in [5.74, 6) is 0.389. The molecule has 210 valence electrons. The monoisotopic (exact) mass is 526 g/mol. The Labute approximate surface area is 229 Å². The minimum absolute atomic E-state index is 0.0254. The molecule has 38 heavy (non-hydrogen) atoms. The number of benzene rings is 1. The number of nitrogens with one attached hydrogen (secondary N) is 2. The molecule has 1 aromatic carbocycles. The summed E-state index contributed by atoms with van der Waals surface area (Å²) in [6, 6.07) is 7.26. The number of hydrogen-bond donors (Lipinski definition) is 2. The Bertz CT molecular complexity index is 1050. The molecule has 9 heteroatoms. The van der Waals surface area contributed by atoms with Crippen LogP contribution < -0.4 is 10.8 Å². The molecule has 2 unspecified atom stereocenters. The van der Waals surface area contributed by atoms with Gasteiger partial charge in [0.2, 0.25) is 11.8 Å². The predicted molar refractivity (Wildman–Crippen MR) is 154 cm³/mol. The van der Waals surface area contributed by atoms with E-state index in [2.05, 4.69) is 15.3 Å². The van der Waals surface area contributed by atoms with Crippen molar-refractivity contribution in [3.63, 3.8) is 0 Å². The summed E-state index contributed by atoms with van der Waals surface area (Å²) in [6.45, 7) is 22.0. The van der Waals surface area contributed by atoms with Gasteiger partial charge in [-0.1, -0.05) is 58.9 Å². The third kappa shape index (κ3) is 6.86. The van der Waals surface area contributed by atoms with Crippen LogP contribution in [0.3, 0.4) is 0 Å². The number of rotatable bonds is 9. The van der Waals surface area contributed by atoms with Gasteiger partial charge in [-0.05, 0) is 58.0 Å². The Kier molecular flexibility index (Phi) is 10.7. The normalized spacial score (nSPS) is 17.4. The van der Waals surface area contributed by atoms with E-state index in [1.807, 2.05) is 93.5 Å². The fourth-order valence-corrected chi connectivity index (χ4v) is 4.45. The molecule has 1 saturated heterocycles. The molecule has 1 fully saturated rings. The van der Waals surface area contributed by atoms with Crippen LogP contribution in [0.25, 0.3) is 11.3 Å². The van der Waals surface area contributed by atoms with Crippen molar-refractivity contribution < 1.29 is 18.9 Å². The number of likely N-dealkylation sites (N-methyl/N-ethyl adjacent to an activating group) is 1. The number of hydrogen-bond acceptors (Lipinski definition) is 5. The van der Waals surface area contributed by atoms with Gasteiger partial charge in [0.1, 0.15) is 11.9 Å². The van der Waals surface area contributed by atoms with Crippen molar-refractivity contribution in [3.8, 4) is 11.3 Å². The summed E-state index contributed by atoms with van der Waals surface area (Å²) in [5, 5.41) is 2.81. The Balaban J connectivity index is 0.00000247. The fraction of sp³-hybridized carbons (Fsp3) is 0.621. The fourth-order valence-electron chi connectivity index (χ4n) is 4.45. The molecule has 0 bridgehead atoms. The molecule has 1 aliphatic heterocycles. The molecular weight excluding hydrogens is 479 g/mol. The first kappa shape index (κ1) is 31.6. The highest BCUT2D eigenvalue weighted by molar-refractivity contribution is 6.62. The van der Waals surface area contributed by atoms with E-state index in [0.717, 1.165) is 22.5 Å². The van der Waals surface area contributed by atoms with Gasteiger partial charge in [0.15, 0.2) is 0 Å². The minimum atomic E-state index is -0.576. The standard InChI is InChI=1S/C27H41BN4O4.C2H6/c1-10-22(32(11-2)25(34)23(17(3)4)30-18(5)33)24-29-16-21(31-24)19-12-14-20(15-13-19)28-35-26(6,7)27(8,9)36-28;1-2/h12-17,22-23H,10-11H2,1-9H3,(H,29,31)(H,30,33);1-2H3. The van der Waals surface area contributed by atoms with Gasteiger partial charge in [0, 0.05) is 13.5 Å². The van der Waals surface area contributed by atoms with Crippen molar-refractivity contribution in [3.05, 3.63) is 36.3 Å². The first-order chi connectivity index (χ1) is 17.8. The summed E-state index contributed by atoms with van der Waals surface area (Å²) < 4.78 is 12.3. The van der Waals surface area contributed by atoms with Crippen molar-refractivity contribution in [2.24, 2.45) is 5.92 Å². The zero-order valence-corrected chi connectivity index (χ0v) is 25.1. The van der Waals surface area contributed by atoms with Gasteiger partial charge in [-0.15, -0.1) is 0 Å². The second kappa shape index (κ2) is 12.9. The van der Waals surface area contributed by atoms with Crippen LogP contribution in [0.2, 0.25) is 0 Å². The van der Waals surface area contributed by atoms with E-state index in [-0.39, 0.29) is 35.0 Å². The average Bonchev–Trinajstić information content (AvgIpc) is 3.43. The number of imidazole rings is 1. The molecule has 0 spiro atoms. The molecule has 2 amide bonds. The number of amides is 2. The van der Waals surface area contributed by atoms with Crippen LogP contribution in [0, 0.1) is 5.92 Å². The molecule has 8 nitrogen and oxygen atoms in total. The van der Waals surface area contributed by atoms with E-state index < -0.39 is 13.2 Å². The quantitative estimate of drug-likeness (QED) is 0.455. The second-order valence-electron chi connectivity index (χ2n) is 10.9. The van der Waals surface area contributed by atoms with Gasteiger partial charge in [-0.2, -0.15) is 0 Å². The van der Waals surface area contributed by atoms with E-state index in [1.165, 1.54) is 6.92 Å². The predicted octanol–water partition coefficient (Wildman–Crippen LogP) is 4.86. The van der Waals surface area contributed by atoms with Gasteiger partial charge in [0.25, 0.3) is 0 Å². The maximum atomic E-state index is 13.4. The second-order valence-corrected chi connectivity index (χ2v) is 10.9. The highest BCUT2D eigenvalue weighted by atomic mass is 16.7. The lowest BCUT2D eigenvalue weighted by Gasteiger charge is -2.33. The maximum Gasteiger partial charge on any atom is 0.494 e. The Morgan fingerprint density at radius 1 is 1.05 bits per heavy atom. The van der Waals surface area contributed by atoms with Crippen molar-refractivity contribution in [1.29, 1.82) is 0 Å². The summed E-state index contributed by atoms with van der Waals surface area (Å²) >= 11 is 0. The van der Waals surface area contributed by atoms with E-state index in [4.69, 9.17) is 9.31 Å². The highest BCUT2D eigenvalue weighted by Gasteiger charge is 2.51. The van der Waals surface area contributed by atoms with E-state index in [1.54, 1.807) is 11.1 Å². The topological polar surface area (TPSA) is 96.6 Å². The zero-order valence-electron chi connectivity index (χ0n) is 25.1. The number of carbonyl (C=O) groups is 2. The lowest BCUT2D eigenvalue weighted by Crippen LogP contribution is -2.51. The van der Waals surface area contributed by atoms with Crippen LogP contribution in [0.4, 0.5) is 0 Å². The molecule has 2 N–H and O–H groups in total. The Hall–Kier alpha value is -2.65. The molecule has 2 atom stereocenters. The largest absolute Gasteiger partial charge is 0.494 e. The van der Waals surface area contributed by atoms with Gasteiger partial charge in [-0.3, -0.25) is 9.59 Å². The van der Waals surface area contributed by atoms with Crippen LogP contribution >= 0.6 is 0 Å². The molecular formula is C29H47BN4O4. The lowest BCUT2D eigenvalue weighted by molar-refractivity contribution is -0.139. The smallest absolute Gasteiger partial charge is 0.399 e. The highest BCUT2D eigenvalue weighted by Crippen LogP contribution is 2.36. The molecule has 2 heterocycles. The van der Waals surface area contributed by atoms with Crippen molar-refractivity contribution in [2.75, 3.05) is 6.54 Å². The first-order valence-corrected chi connectivity index (χ1v) is 13.9. The van der Waals surface area contributed by atoms with Crippen LogP contribution in [0.1, 0.15) is 94.4 Å². The van der Waals surface area contributed by atoms with Crippen LogP contribution in [-0.2, 0) is 18.9 Å². The zero-order chi connectivity index (χ0) is 28.8. The molecule has 3 rings (SSSR count). The number of nitrogens with zero attached hydrogens (tertiary/aromatic N) is 2. The number of aromatic nitrogens is 2.